The van der Waals surface area contributed by atoms with Gasteiger partial charge >= 0.3 is 0 Å². The van der Waals surface area contributed by atoms with E-state index < -0.39 is 10.0 Å². The van der Waals surface area contributed by atoms with E-state index in [1.165, 1.54) is 0 Å². The summed E-state index contributed by atoms with van der Waals surface area (Å²) in [5.74, 6) is 0.236. The van der Waals surface area contributed by atoms with Crippen LogP contribution in [0.3, 0.4) is 0 Å². The molecule has 0 aromatic heterocycles. The maximum atomic E-state index is 12.0. The second-order valence-corrected chi connectivity index (χ2v) is 8.43. The van der Waals surface area contributed by atoms with Crippen molar-refractivity contribution in [3.05, 3.63) is 0 Å². The van der Waals surface area contributed by atoms with Gasteiger partial charge in [0.05, 0.1) is 5.75 Å². The Balaban J connectivity index is 2.56. The summed E-state index contributed by atoms with van der Waals surface area (Å²) < 4.78 is 25.6. The molecule has 1 unspecified atom stereocenters. The van der Waals surface area contributed by atoms with Crippen molar-refractivity contribution in [1.29, 1.82) is 0 Å². The molecule has 96 valence electrons. The summed E-state index contributed by atoms with van der Waals surface area (Å²) in [5, 5.41) is -0.0156. The van der Waals surface area contributed by atoms with Crippen LogP contribution in [0.25, 0.3) is 0 Å². The normalized spacial score (nSPS) is 24.6. The highest BCUT2D eigenvalue weighted by molar-refractivity contribution is 7.89. The van der Waals surface area contributed by atoms with Crippen LogP contribution in [0, 0.1) is 5.41 Å². The van der Waals surface area contributed by atoms with E-state index in [0.29, 0.717) is 19.5 Å². The van der Waals surface area contributed by atoms with E-state index in [4.69, 9.17) is 11.6 Å². The van der Waals surface area contributed by atoms with Gasteiger partial charge in [0.25, 0.3) is 0 Å². The minimum Gasteiger partial charge on any atom is -0.212 e. The molecule has 16 heavy (non-hydrogen) atoms. The van der Waals surface area contributed by atoms with Crippen molar-refractivity contribution in [2.75, 3.05) is 18.8 Å². The first-order chi connectivity index (χ1) is 7.21. The first-order valence-corrected chi connectivity index (χ1v) is 7.87. The predicted molar refractivity (Wildman–Crippen MR) is 68.3 cm³/mol. The zero-order chi connectivity index (χ0) is 12.4. The van der Waals surface area contributed by atoms with Crippen LogP contribution in [0.5, 0.6) is 0 Å². The van der Waals surface area contributed by atoms with E-state index in [2.05, 4.69) is 20.8 Å². The molecule has 1 rings (SSSR count). The Kier molecular flexibility index (Phi) is 4.66. The van der Waals surface area contributed by atoms with Gasteiger partial charge in [-0.05, 0) is 24.7 Å². The Labute approximate surface area is 104 Å². The van der Waals surface area contributed by atoms with E-state index in [1.807, 2.05) is 0 Å². The molecule has 0 bridgehead atoms. The SMILES string of the molecule is CC(C)(C)CCS(=O)(=O)N1CCCC(Cl)C1. The van der Waals surface area contributed by atoms with Gasteiger partial charge in [-0.15, -0.1) is 11.6 Å². The maximum absolute atomic E-state index is 12.0. The van der Waals surface area contributed by atoms with Gasteiger partial charge < -0.3 is 0 Å². The lowest BCUT2D eigenvalue weighted by molar-refractivity contribution is 0.342. The number of sulfonamides is 1. The number of rotatable bonds is 3. The topological polar surface area (TPSA) is 37.4 Å². The summed E-state index contributed by atoms with van der Waals surface area (Å²) in [6, 6.07) is 0. The summed E-state index contributed by atoms with van der Waals surface area (Å²) in [5.41, 5.74) is 0.0588. The monoisotopic (exact) mass is 267 g/mol. The fraction of sp³-hybridized carbons (Fsp3) is 1.00. The number of alkyl halides is 1. The third-order valence-corrected chi connectivity index (χ3v) is 5.02. The Hall–Kier alpha value is 0.200. The van der Waals surface area contributed by atoms with Gasteiger partial charge in [0.2, 0.25) is 10.0 Å². The lowest BCUT2D eigenvalue weighted by atomic mass is 9.94. The van der Waals surface area contributed by atoms with Crippen molar-refractivity contribution in [1.82, 2.24) is 4.31 Å². The molecule has 0 aliphatic carbocycles. The molecule has 1 fully saturated rings. The number of halogens is 1. The number of hydrogen-bond acceptors (Lipinski definition) is 2. The van der Waals surface area contributed by atoms with E-state index >= 15 is 0 Å². The molecule has 0 spiro atoms. The molecule has 1 heterocycles. The molecule has 5 heteroatoms. The fourth-order valence-corrected chi connectivity index (χ4v) is 4.06. The maximum Gasteiger partial charge on any atom is 0.214 e. The van der Waals surface area contributed by atoms with Crippen molar-refractivity contribution < 1.29 is 8.42 Å². The van der Waals surface area contributed by atoms with Crippen LogP contribution in [-0.2, 0) is 10.0 Å². The van der Waals surface area contributed by atoms with Crippen molar-refractivity contribution in [2.24, 2.45) is 5.41 Å². The second kappa shape index (κ2) is 5.23. The lowest BCUT2D eigenvalue weighted by Crippen LogP contribution is -2.42. The minimum atomic E-state index is -3.10. The van der Waals surface area contributed by atoms with Crippen LogP contribution in [0.15, 0.2) is 0 Å². The fourth-order valence-electron chi connectivity index (χ4n) is 1.71. The molecule has 0 aromatic rings. The van der Waals surface area contributed by atoms with Crippen LogP contribution in [0.2, 0.25) is 0 Å². The summed E-state index contributed by atoms with van der Waals surface area (Å²) in [6.07, 6.45) is 2.49. The number of piperidine rings is 1. The van der Waals surface area contributed by atoms with Crippen LogP contribution in [0.4, 0.5) is 0 Å². The quantitative estimate of drug-likeness (QED) is 0.737. The first kappa shape index (κ1) is 14.3. The van der Waals surface area contributed by atoms with Crippen molar-refractivity contribution in [2.45, 2.75) is 45.4 Å². The van der Waals surface area contributed by atoms with E-state index in [1.54, 1.807) is 4.31 Å². The molecule has 0 N–H and O–H groups in total. The van der Waals surface area contributed by atoms with Crippen LogP contribution in [-0.4, -0.2) is 36.9 Å². The Morgan fingerprint density at radius 2 is 2.00 bits per heavy atom. The number of nitrogens with zero attached hydrogens (tertiary/aromatic N) is 1. The minimum absolute atomic E-state index is 0.0156. The highest BCUT2D eigenvalue weighted by Crippen LogP contribution is 2.23. The molecule has 0 radical (unpaired) electrons. The zero-order valence-corrected chi connectivity index (χ0v) is 11.9. The summed E-state index contributed by atoms with van der Waals surface area (Å²) in [4.78, 5) is 0. The molecule has 1 saturated heterocycles. The van der Waals surface area contributed by atoms with Gasteiger partial charge in [-0.2, -0.15) is 0 Å². The summed E-state index contributed by atoms with van der Waals surface area (Å²) >= 11 is 6.00. The van der Waals surface area contributed by atoms with Crippen LogP contribution in [0.1, 0.15) is 40.0 Å². The Bertz CT molecular complexity index is 321. The van der Waals surface area contributed by atoms with E-state index in [9.17, 15) is 8.42 Å². The van der Waals surface area contributed by atoms with Crippen molar-refractivity contribution in [3.8, 4) is 0 Å². The van der Waals surface area contributed by atoms with Gasteiger partial charge in [-0.3, -0.25) is 0 Å². The molecule has 0 amide bonds. The van der Waals surface area contributed by atoms with Gasteiger partial charge in [-0.1, -0.05) is 20.8 Å². The molecule has 1 aliphatic heterocycles. The lowest BCUT2D eigenvalue weighted by Gasteiger charge is -2.30. The van der Waals surface area contributed by atoms with Gasteiger partial charge in [0.1, 0.15) is 0 Å². The molecule has 1 atom stereocenters. The highest BCUT2D eigenvalue weighted by Gasteiger charge is 2.28. The van der Waals surface area contributed by atoms with E-state index in [0.717, 1.165) is 12.8 Å². The first-order valence-electron chi connectivity index (χ1n) is 5.83. The smallest absolute Gasteiger partial charge is 0.212 e. The van der Waals surface area contributed by atoms with Crippen molar-refractivity contribution >= 4 is 21.6 Å². The predicted octanol–water partition coefficient (Wildman–Crippen LogP) is 2.46. The third-order valence-electron chi connectivity index (χ3n) is 2.83. The van der Waals surface area contributed by atoms with Crippen LogP contribution < -0.4 is 0 Å². The van der Waals surface area contributed by atoms with Crippen molar-refractivity contribution in [3.63, 3.8) is 0 Å². The average Bonchev–Trinajstić information content (AvgIpc) is 2.14. The zero-order valence-electron chi connectivity index (χ0n) is 10.4. The standard InChI is InChI=1S/C11H22ClNO2S/c1-11(2,3)6-8-16(14,15)13-7-4-5-10(12)9-13/h10H,4-9H2,1-3H3. The highest BCUT2D eigenvalue weighted by atomic mass is 35.5. The van der Waals surface area contributed by atoms with Gasteiger partial charge in [0, 0.05) is 18.5 Å². The molecular weight excluding hydrogens is 246 g/mol. The summed E-state index contributed by atoms with van der Waals surface area (Å²) in [7, 11) is -3.10. The van der Waals surface area contributed by atoms with Gasteiger partial charge in [-0.25, -0.2) is 12.7 Å². The molecular formula is C11H22ClNO2S. The Morgan fingerprint density at radius 3 is 2.50 bits per heavy atom. The average molecular weight is 268 g/mol. The molecule has 1 aliphatic rings. The Morgan fingerprint density at radius 1 is 1.38 bits per heavy atom. The van der Waals surface area contributed by atoms with Crippen LogP contribution >= 0.6 is 11.6 Å². The molecule has 3 nitrogen and oxygen atoms in total. The van der Waals surface area contributed by atoms with Gasteiger partial charge in [0.15, 0.2) is 0 Å². The molecule has 0 saturated carbocycles. The number of hydrogen-bond donors (Lipinski definition) is 0. The summed E-state index contributed by atoms with van der Waals surface area (Å²) in [6.45, 7) is 7.29. The second-order valence-electron chi connectivity index (χ2n) is 5.72. The molecule has 0 aromatic carbocycles. The third kappa shape index (κ3) is 4.60. The van der Waals surface area contributed by atoms with E-state index in [-0.39, 0.29) is 16.5 Å². The largest absolute Gasteiger partial charge is 0.214 e.